The van der Waals surface area contributed by atoms with Crippen molar-refractivity contribution in [2.24, 2.45) is 5.73 Å². The highest BCUT2D eigenvalue weighted by Crippen LogP contribution is 2.18. The molecule has 0 spiro atoms. The molecule has 0 aromatic carbocycles. The first kappa shape index (κ1) is 7.06. The standard InChI is InChI=1S/C8H12N2.H2/c1-6-2-3-7(5-9)8(10)4-6;/h4-5,9H,2-3,10H2,1H3;1H. The first-order valence-electron chi connectivity index (χ1n) is 3.40. The van der Waals surface area contributed by atoms with Gasteiger partial charge in [0.05, 0.1) is 0 Å². The van der Waals surface area contributed by atoms with Crippen molar-refractivity contribution in [3.05, 3.63) is 22.9 Å². The smallest absolute Gasteiger partial charge is 0.0361 e. The van der Waals surface area contributed by atoms with Gasteiger partial charge < -0.3 is 11.1 Å². The molecule has 0 bridgehead atoms. The minimum Gasteiger partial charge on any atom is -0.398 e. The molecule has 0 heterocycles. The average molecular weight is 138 g/mol. The molecule has 0 saturated heterocycles. The van der Waals surface area contributed by atoms with E-state index in [2.05, 4.69) is 6.92 Å². The largest absolute Gasteiger partial charge is 0.398 e. The fourth-order valence-corrected chi connectivity index (χ4v) is 1.06. The molecule has 0 aliphatic heterocycles. The summed E-state index contributed by atoms with van der Waals surface area (Å²) in [6.07, 6.45) is 5.27. The van der Waals surface area contributed by atoms with Crippen LogP contribution in [0.5, 0.6) is 0 Å². The molecule has 0 atom stereocenters. The molecule has 2 nitrogen and oxygen atoms in total. The summed E-state index contributed by atoms with van der Waals surface area (Å²) in [6, 6.07) is 0. The van der Waals surface area contributed by atoms with Gasteiger partial charge in [0.2, 0.25) is 0 Å². The van der Waals surface area contributed by atoms with Crippen molar-refractivity contribution in [2.75, 3.05) is 0 Å². The lowest BCUT2D eigenvalue weighted by Crippen LogP contribution is -2.05. The van der Waals surface area contributed by atoms with Crippen LogP contribution in [0.2, 0.25) is 0 Å². The lowest BCUT2D eigenvalue weighted by atomic mass is 9.98. The van der Waals surface area contributed by atoms with Crippen molar-refractivity contribution >= 4 is 6.21 Å². The van der Waals surface area contributed by atoms with E-state index >= 15 is 0 Å². The molecule has 2 heteroatoms. The van der Waals surface area contributed by atoms with Gasteiger partial charge in [0, 0.05) is 13.3 Å². The Morgan fingerprint density at radius 1 is 1.70 bits per heavy atom. The predicted molar refractivity (Wildman–Crippen MR) is 45.1 cm³/mol. The van der Waals surface area contributed by atoms with Crippen molar-refractivity contribution in [1.29, 1.82) is 5.41 Å². The summed E-state index contributed by atoms with van der Waals surface area (Å²) in [5.41, 5.74) is 8.67. The molecule has 10 heavy (non-hydrogen) atoms. The van der Waals surface area contributed by atoms with Crippen LogP contribution in [0.3, 0.4) is 0 Å². The number of allylic oxidation sites excluding steroid dienone is 3. The molecule has 3 N–H and O–H groups in total. The van der Waals surface area contributed by atoms with Crippen molar-refractivity contribution < 1.29 is 1.43 Å². The molecule has 0 saturated carbocycles. The third-order valence-corrected chi connectivity index (χ3v) is 1.74. The Morgan fingerprint density at radius 3 is 2.90 bits per heavy atom. The van der Waals surface area contributed by atoms with Gasteiger partial charge in [-0.15, -0.1) is 0 Å². The molecule has 56 valence electrons. The lowest BCUT2D eigenvalue weighted by Gasteiger charge is -2.11. The highest BCUT2D eigenvalue weighted by molar-refractivity contribution is 5.78. The molecule has 0 unspecified atom stereocenters. The summed E-state index contributed by atoms with van der Waals surface area (Å²) in [5.74, 6) is 0. The van der Waals surface area contributed by atoms with Gasteiger partial charge in [0.15, 0.2) is 0 Å². The van der Waals surface area contributed by atoms with Gasteiger partial charge in [-0.3, -0.25) is 0 Å². The predicted octanol–water partition coefficient (Wildman–Crippen LogP) is 1.83. The maximum atomic E-state index is 7.00. The minimum atomic E-state index is 0. The van der Waals surface area contributed by atoms with E-state index in [0.29, 0.717) is 0 Å². The van der Waals surface area contributed by atoms with Crippen LogP contribution in [-0.4, -0.2) is 6.21 Å². The molecule has 0 aromatic heterocycles. The fourth-order valence-electron chi connectivity index (χ4n) is 1.06. The topological polar surface area (TPSA) is 49.9 Å². The lowest BCUT2D eigenvalue weighted by molar-refractivity contribution is 0.918. The summed E-state index contributed by atoms with van der Waals surface area (Å²) < 4.78 is 0. The molecule has 0 amide bonds. The van der Waals surface area contributed by atoms with E-state index in [1.54, 1.807) is 0 Å². The summed E-state index contributed by atoms with van der Waals surface area (Å²) >= 11 is 0. The quantitative estimate of drug-likeness (QED) is 0.533. The van der Waals surface area contributed by atoms with Gasteiger partial charge in [-0.05, 0) is 31.4 Å². The maximum Gasteiger partial charge on any atom is 0.0361 e. The van der Waals surface area contributed by atoms with E-state index in [4.69, 9.17) is 11.1 Å². The summed E-state index contributed by atoms with van der Waals surface area (Å²) in [7, 11) is 0. The molecule has 0 radical (unpaired) electrons. The highest BCUT2D eigenvalue weighted by atomic mass is 14.6. The molecule has 0 fully saturated rings. The normalized spacial score (nSPS) is 18.7. The first-order valence-corrected chi connectivity index (χ1v) is 3.40. The Bertz CT molecular complexity index is 216. The van der Waals surface area contributed by atoms with Gasteiger partial charge in [-0.1, -0.05) is 5.57 Å². The molecule has 1 aliphatic carbocycles. The Balaban J connectivity index is 0.000001000. The molecule has 1 rings (SSSR count). The Hall–Kier alpha value is -1.05. The fraction of sp³-hybridized carbons (Fsp3) is 0.375. The Kier molecular flexibility index (Phi) is 1.90. The van der Waals surface area contributed by atoms with E-state index in [0.717, 1.165) is 24.1 Å². The third-order valence-electron chi connectivity index (χ3n) is 1.74. The van der Waals surface area contributed by atoms with Gasteiger partial charge >= 0.3 is 0 Å². The molecular formula is C8H14N2. The number of rotatable bonds is 1. The SMILES string of the molecule is CC1=CC(N)=C(C=N)CC1.[HH]. The molecular weight excluding hydrogens is 124 g/mol. The zero-order valence-corrected chi connectivity index (χ0v) is 6.15. The third kappa shape index (κ3) is 1.26. The van der Waals surface area contributed by atoms with Crippen molar-refractivity contribution in [1.82, 2.24) is 0 Å². The second-order valence-corrected chi connectivity index (χ2v) is 2.62. The molecule has 0 aromatic rings. The average Bonchev–Trinajstić information content (AvgIpc) is 1.88. The van der Waals surface area contributed by atoms with E-state index in [-0.39, 0.29) is 1.43 Å². The van der Waals surface area contributed by atoms with Gasteiger partial charge in [-0.25, -0.2) is 0 Å². The van der Waals surface area contributed by atoms with Crippen LogP contribution in [-0.2, 0) is 0 Å². The monoisotopic (exact) mass is 138 g/mol. The van der Waals surface area contributed by atoms with Gasteiger partial charge in [-0.2, -0.15) is 0 Å². The van der Waals surface area contributed by atoms with E-state index in [9.17, 15) is 0 Å². The minimum absolute atomic E-state index is 0. The number of nitrogens with two attached hydrogens (primary N) is 1. The van der Waals surface area contributed by atoms with Crippen molar-refractivity contribution in [2.45, 2.75) is 19.8 Å². The van der Waals surface area contributed by atoms with Gasteiger partial charge in [0.25, 0.3) is 0 Å². The van der Waals surface area contributed by atoms with Gasteiger partial charge in [0.1, 0.15) is 0 Å². The summed E-state index contributed by atoms with van der Waals surface area (Å²) in [6.45, 7) is 2.06. The molecule has 1 aliphatic rings. The van der Waals surface area contributed by atoms with Crippen LogP contribution in [0.1, 0.15) is 21.2 Å². The van der Waals surface area contributed by atoms with Crippen molar-refractivity contribution in [3.8, 4) is 0 Å². The number of hydrogen-bond acceptors (Lipinski definition) is 2. The second kappa shape index (κ2) is 2.69. The Labute approximate surface area is 62.4 Å². The highest BCUT2D eigenvalue weighted by Gasteiger charge is 2.05. The van der Waals surface area contributed by atoms with Crippen molar-refractivity contribution in [3.63, 3.8) is 0 Å². The Morgan fingerprint density at radius 2 is 2.40 bits per heavy atom. The van der Waals surface area contributed by atoms with Crippen LogP contribution < -0.4 is 5.73 Å². The first-order chi connectivity index (χ1) is 4.74. The number of nitrogens with one attached hydrogen (secondary N) is 1. The van der Waals surface area contributed by atoms with Crippen LogP contribution in [0.25, 0.3) is 0 Å². The second-order valence-electron chi connectivity index (χ2n) is 2.62. The number of hydrogen-bond donors (Lipinski definition) is 2. The van der Waals surface area contributed by atoms with Crippen LogP contribution >= 0.6 is 0 Å². The zero-order chi connectivity index (χ0) is 7.56. The maximum absolute atomic E-state index is 7.00. The van der Waals surface area contributed by atoms with Crippen LogP contribution in [0.15, 0.2) is 22.9 Å². The van der Waals surface area contributed by atoms with Crippen LogP contribution in [0, 0.1) is 5.41 Å². The van der Waals surface area contributed by atoms with Crippen LogP contribution in [0.4, 0.5) is 0 Å². The van der Waals surface area contributed by atoms with E-state index in [1.807, 2.05) is 6.08 Å². The van der Waals surface area contributed by atoms with E-state index < -0.39 is 0 Å². The van der Waals surface area contributed by atoms with E-state index in [1.165, 1.54) is 11.8 Å². The summed E-state index contributed by atoms with van der Waals surface area (Å²) in [5, 5.41) is 7.00. The summed E-state index contributed by atoms with van der Waals surface area (Å²) in [4.78, 5) is 0. The zero-order valence-electron chi connectivity index (χ0n) is 6.15.